The van der Waals surface area contributed by atoms with Gasteiger partial charge in [0.1, 0.15) is 30.2 Å². The Morgan fingerprint density at radius 3 is 0.983 bits per heavy atom. The number of carboxylic acids is 1. The van der Waals surface area contributed by atoms with E-state index in [0.29, 0.717) is 90.4 Å². The maximum atomic E-state index is 14.0. The van der Waals surface area contributed by atoms with Gasteiger partial charge in [-0.3, -0.25) is 34.0 Å². The summed E-state index contributed by atoms with van der Waals surface area (Å²) in [6, 6.07) is -6.87. The Hall–Kier alpha value is -4.84. The Bertz CT molecular complexity index is 1310. The molecule has 0 aliphatic rings. The first-order valence-electron chi connectivity index (χ1n) is 20.5. The minimum absolute atomic E-state index is 0.0112. The number of hydrogen-bond donors (Lipinski definition) is 15. The Labute approximate surface area is 347 Å². The molecule has 0 aliphatic heterocycles. The molecule has 6 unspecified atom stereocenters. The van der Waals surface area contributed by atoms with Crippen molar-refractivity contribution in [2.24, 2.45) is 61.6 Å². The van der Waals surface area contributed by atoms with Gasteiger partial charge in [-0.1, -0.05) is 6.42 Å². The number of nitrogens with two attached hydrogens (primary N) is 9. The first-order chi connectivity index (χ1) is 28.1. The van der Waals surface area contributed by atoms with Crippen LogP contribution in [0.25, 0.3) is 0 Å². The fourth-order valence-electron chi connectivity index (χ4n) is 5.83. The highest BCUT2D eigenvalue weighted by Crippen LogP contribution is 2.10. The molecule has 0 saturated carbocycles. The zero-order valence-corrected chi connectivity index (χ0v) is 34.5. The molecule has 0 bridgehead atoms. The molecule has 0 saturated heterocycles. The van der Waals surface area contributed by atoms with Gasteiger partial charge in [-0.25, -0.2) is 4.79 Å². The highest BCUT2D eigenvalue weighted by atomic mass is 16.4. The van der Waals surface area contributed by atoms with Gasteiger partial charge >= 0.3 is 5.97 Å². The van der Waals surface area contributed by atoms with Crippen molar-refractivity contribution in [3.8, 4) is 0 Å². The molecule has 0 fully saturated rings. The SMILES string of the molecule is NCCCCC(N)C(=O)NC(CCCN=C(N)N)C(=O)NC(CCCCN)C(=O)NC(CCCN=C(N)N)C(=O)NC(CCCCN)C(=O)NC(CCCCN)C(=O)O. The molecule has 23 heteroatoms. The highest BCUT2D eigenvalue weighted by molar-refractivity contribution is 5.96. The fraction of sp³-hybridized carbons (Fsp3) is 0.778. The molecule has 340 valence electrons. The van der Waals surface area contributed by atoms with Gasteiger partial charge in [0, 0.05) is 13.1 Å². The number of hydrogen-bond acceptors (Lipinski definition) is 13. The number of aliphatic imine (C=N–C) groups is 2. The molecule has 23 nitrogen and oxygen atoms in total. The van der Waals surface area contributed by atoms with E-state index in [1.54, 1.807) is 0 Å². The summed E-state index contributed by atoms with van der Waals surface area (Å²) in [4.78, 5) is 88.1. The van der Waals surface area contributed by atoms with Gasteiger partial charge in [0.15, 0.2) is 11.9 Å². The molecule has 0 aliphatic carbocycles. The maximum absolute atomic E-state index is 14.0. The molecule has 0 aromatic rings. The fourth-order valence-corrected chi connectivity index (χ4v) is 5.83. The number of aliphatic carboxylic acids is 1. The Kier molecular flexibility index (Phi) is 30.3. The molecule has 24 N–H and O–H groups in total. The maximum Gasteiger partial charge on any atom is 0.326 e. The van der Waals surface area contributed by atoms with E-state index in [4.69, 9.17) is 51.6 Å². The van der Waals surface area contributed by atoms with Crippen molar-refractivity contribution >= 4 is 47.4 Å². The van der Waals surface area contributed by atoms with E-state index >= 15 is 0 Å². The number of rotatable bonds is 35. The molecule has 0 rings (SSSR count). The minimum Gasteiger partial charge on any atom is -0.480 e. The lowest BCUT2D eigenvalue weighted by atomic mass is 10.0. The van der Waals surface area contributed by atoms with Crippen LogP contribution in [-0.2, 0) is 28.8 Å². The lowest BCUT2D eigenvalue weighted by Crippen LogP contribution is -2.59. The number of nitrogens with zero attached hydrogens (tertiary/aromatic N) is 2. The molecule has 0 spiro atoms. The van der Waals surface area contributed by atoms with Crippen molar-refractivity contribution in [2.45, 2.75) is 139 Å². The van der Waals surface area contributed by atoms with Crippen LogP contribution in [0.5, 0.6) is 0 Å². The van der Waals surface area contributed by atoms with E-state index in [1.807, 2.05) is 0 Å². The average molecular weight is 843 g/mol. The first kappa shape index (κ1) is 54.2. The highest BCUT2D eigenvalue weighted by Gasteiger charge is 2.32. The summed E-state index contributed by atoms with van der Waals surface area (Å²) in [5.41, 5.74) is 50.4. The molecule has 5 amide bonds. The average Bonchev–Trinajstić information content (AvgIpc) is 3.18. The van der Waals surface area contributed by atoms with Gasteiger partial charge in [0.25, 0.3) is 0 Å². The summed E-state index contributed by atoms with van der Waals surface area (Å²) >= 11 is 0. The van der Waals surface area contributed by atoms with Gasteiger partial charge in [0.2, 0.25) is 29.5 Å². The third-order valence-electron chi connectivity index (χ3n) is 9.18. The second kappa shape index (κ2) is 33.0. The first-order valence-corrected chi connectivity index (χ1v) is 20.5. The summed E-state index contributed by atoms with van der Waals surface area (Å²) in [6.45, 7) is 1.70. The lowest BCUT2D eigenvalue weighted by molar-refractivity contribution is -0.142. The Morgan fingerprint density at radius 2 is 0.678 bits per heavy atom. The van der Waals surface area contributed by atoms with E-state index in [2.05, 4.69) is 36.6 Å². The van der Waals surface area contributed by atoms with Gasteiger partial charge in [-0.15, -0.1) is 0 Å². The van der Waals surface area contributed by atoms with Crippen LogP contribution in [0, 0.1) is 0 Å². The summed E-state index contributed by atoms with van der Waals surface area (Å²) in [5, 5.41) is 23.0. The second-order valence-corrected chi connectivity index (χ2v) is 14.3. The minimum atomic E-state index is -1.25. The molecule has 59 heavy (non-hydrogen) atoms. The summed E-state index contributed by atoms with van der Waals surface area (Å²) in [6.07, 6.45) is 5.52. The molecule has 6 atom stereocenters. The largest absolute Gasteiger partial charge is 0.480 e. The number of unbranched alkanes of at least 4 members (excludes halogenated alkanes) is 4. The number of guanidine groups is 2. The number of carboxylic acid groups (broad SMARTS) is 1. The second-order valence-electron chi connectivity index (χ2n) is 14.3. The number of nitrogens with one attached hydrogen (secondary N) is 5. The van der Waals surface area contributed by atoms with Crippen molar-refractivity contribution in [3.63, 3.8) is 0 Å². The van der Waals surface area contributed by atoms with Crippen molar-refractivity contribution < 1.29 is 33.9 Å². The van der Waals surface area contributed by atoms with E-state index < -0.39 is 71.8 Å². The van der Waals surface area contributed by atoms with E-state index in [-0.39, 0.29) is 63.5 Å². The molecular formula is C36H74N16O7. The summed E-state index contributed by atoms with van der Waals surface area (Å²) < 4.78 is 0. The molecular weight excluding hydrogens is 769 g/mol. The van der Waals surface area contributed by atoms with Gasteiger partial charge < -0.3 is 83.3 Å². The quantitative estimate of drug-likeness (QED) is 0.0162. The van der Waals surface area contributed by atoms with E-state index in [9.17, 15) is 33.9 Å². The summed E-state index contributed by atoms with van der Waals surface area (Å²) in [5.74, 6) is -5.00. The third kappa shape index (κ3) is 26.0. The van der Waals surface area contributed by atoms with Gasteiger partial charge in [-0.2, -0.15) is 0 Å². The number of amides is 5. The zero-order chi connectivity index (χ0) is 44.6. The standard InChI is InChI=1S/C36H74N16O7/c37-17-5-1-11-23(41)29(53)48-26(15-9-21-46-35(42)43)31(55)49-24(12-2-6-18-38)30(54)51-27(16-10-22-47-36(44)45)32(56)50-25(13-3-7-19-39)33(57)52-28(34(58)59)14-4-8-20-40/h23-28H,1-22,37-41H2,(H,48,53)(H,49,55)(H,50,56)(H,51,54)(H,52,57)(H,58,59)(H4,42,43,46)(H4,44,45,47). The molecule has 0 radical (unpaired) electrons. The topological polar surface area (TPSA) is 442 Å². The monoisotopic (exact) mass is 843 g/mol. The summed E-state index contributed by atoms with van der Waals surface area (Å²) in [7, 11) is 0. The predicted molar refractivity (Wildman–Crippen MR) is 227 cm³/mol. The van der Waals surface area contributed by atoms with E-state index in [0.717, 1.165) is 0 Å². The normalized spacial score (nSPS) is 14.0. The third-order valence-corrected chi connectivity index (χ3v) is 9.18. The Morgan fingerprint density at radius 1 is 0.407 bits per heavy atom. The van der Waals surface area contributed by atoms with Crippen LogP contribution in [0.15, 0.2) is 9.98 Å². The predicted octanol–water partition coefficient (Wildman–Crippen LogP) is -4.55. The van der Waals surface area contributed by atoms with Crippen LogP contribution in [-0.4, -0.2) is 128 Å². The molecule has 0 aromatic heterocycles. The van der Waals surface area contributed by atoms with E-state index in [1.165, 1.54) is 0 Å². The van der Waals surface area contributed by atoms with Gasteiger partial charge in [0.05, 0.1) is 6.04 Å². The Balaban J connectivity index is 6.47. The van der Waals surface area contributed by atoms with Gasteiger partial charge in [-0.05, 0) is 122 Å². The van der Waals surface area contributed by atoms with Crippen molar-refractivity contribution in [1.29, 1.82) is 0 Å². The molecule has 0 heterocycles. The smallest absolute Gasteiger partial charge is 0.326 e. The zero-order valence-electron chi connectivity index (χ0n) is 34.5. The van der Waals surface area contributed by atoms with Crippen LogP contribution in [0.4, 0.5) is 0 Å². The number of carbonyl (C=O) groups is 6. The molecule has 0 aromatic carbocycles. The van der Waals surface area contributed by atoms with Crippen molar-refractivity contribution in [3.05, 3.63) is 0 Å². The van der Waals surface area contributed by atoms with Crippen LogP contribution >= 0.6 is 0 Å². The van der Waals surface area contributed by atoms with Crippen LogP contribution < -0.4 is 78.2 Å². The van der Waals surface area contributed by atoms with Crippen LogP contribution in [0.3, 0.4) is 0 Å². The lowest BCUT2D eigenvalue weighted by Gasteiger charge is -2.27. The van der Waals surface area contributed by atoms with Crippen molar-refractivity contribution in [1.82, 2.24) is 26.6 Å². The van der Waals surface area contributed by atoms with Crippen LogP contribution in [0.1, 0.15) is 103 Å². The van der Waals surface area contributed by atoms with Crippen LogP contribution in [0.2, 0.25) is 0 Å². The van der Waals surface area contributed by atoms with Crippen molar-refractivity contribution in [2.75, 3.05) is 39.3 Å². The number of carbonyl (C=O) groups excluding carboxylic acids is 5.